The highest BCUT2D eigenvalue weighted by Crippen LogP contribution is 2.37. The maximum atomic E-state index is 11.3. The molecule has 0 atom stereocenters. The summed E-state index contributed by atoms with van der Waals surface area (Å²) in [6.07, 6.45) is 0.879. The molecule has 0 bridgehead atoms. The van der Waals surface area contributed by atoms with Crippen LogP contribution in [0.3, 0.4) is 0 Å². The monoisotopic (exact) mass is 377 g/mol. The van der Waals surface area contributed by atoms with E-state index in [2.05, 4.69) is 5.32 Å². The third-order valence-corrected chi connectivity index (χ3v) is 4.15. The van der Waals surface area contributed by atoms with Crippen LogP contribution in [0.25, 0.3) is 0 Å². The number of carboxylic acid groups (broad SMARTS) is 1. The van der Waals surface area contributed by atoms with E-state index in [1.807, 2.05) is 32.0 Å². The molecule has 0 radical (unpaired) electrons. The van der Waals surface area contributed by atoms with Gasteiger partial charge in [0.1, 0.15) is 0 Å². The number of carboxylic acids is 1. The molecule has 140 valence electrons. The topological polar surface area (TPSA) is 67.8 Å². The SMILES string of the molecule is CCCOc1c(Cl)cc(CNc2cccc(C(=O)O)c2C)cc1OCC. The lowest BCUT2D eigenvalue weighted by Gasteiger charge is -2.16. The summed E-state index contributed by atoms with van der Waals surface area (Å²) in [7, 11) is 0. The van der Waals surface area contributed by atoms with Crippen molar-refractivity contribution in [1.29, 1.82) is 0 Å². The molecule has 0 aliphatic heterocycles. The van der Waals surface area contributed by atoms with Crippen molar-refractivity contribution in [3.63, 3.8) is 0 Å². The van der Waals surface area contributed by atoms with Crippen molar-refractivity contribution in [3.05, 3.63) is 52.0 Å². The molecule has 0 unspecified atom stereocenters. The lowest BCUT2D eigenvalue weighted by molar-refractivity contribution is 0.0696. The Balaban J connectivity index is 2.22. The van der Waals surface area contributed by atoms with E-state index in [4.69, 9.17) is 21.1 Å². The lowest BCUT2D eigenvalue weighted by atomic mass is 10.1. The third-order valence-electron chi connectivity index (χ3n) is 3.87. The number of halogens is 1. The molecule has 0 amide bonds. The summed E-state index contributed by atoms with van der Waals surface area (Å²) in [5.74, 6) is 0.231. The Bertz CT molecular complexity index is 777. The normalized spacial score (nSPS) is 10.5. The fourth-order valence-electron chi connectivity index (χ4n) is 2.59. The van der Waals surface area contributed by atoms with Crippen LogP contribution in [0.1, 0.15) is 41.8 Å². The summed E-state index contributed by atoms with van der Waals surface area (Å²) in [5, 5.41) is 13.0. The minimum absolute atomic E-state index is 0.284. The van der Waals surface area contributed by atoms with Crippen molar-refractivity contribution >= 4 is 23.3 Å². The van der Waals surface area contributed by atoms with Gasteiger partial charge in [-0.3, -0.25) is 0 Å². The zero-order valence-electron chi connectivity index (χ0n) is 15.3. The van der Waals surface area contributed by atoms with Crippen molar-refractivity contribution in [2.75, 3.05) is 18.5 Å². The lowest BCUT2D eigenvalue weighted by Crippen LogP contribution is -2.07. The Morgan fingerprint density at radius 3 is 2.65 bits per heavy atom. The van der Waals surface area contributed by atoms with Crippen LogP contribution in [0.2, 0.25) is 5.02 Å². The first-order valence-electron chi connectivity index (χ1n) is 8.62. The molecule has 5 nitrogen and oxygen atoms in total. The molecule has 0 aromatic heterocycles. The van der Waals surface area contributed by atoms with E-state index >= 15 is 0 Å². The van der Waals surface area contributed by atoms with Crippen LogP contribution in [-0.4, -0.2) is 24.3 Å². The number of hydrogen-bond donors (Lipinski definition) is 2. The van der Waals surface area contributed by atoms with Gasteiger partial charge in [0.05, 0.1) is 23.8 Å². The largest absolute Gasteiger partial charge is 0.490 e. The number of carbonyl (C=O) groups is 1. The van der Waals surface area contributed by atoms with Gasteiger partial charge >= 0.3 is 5.97 Å². The van der Waals surface area contributed by atoms with Crippen LogP contribution < -0.4 is 14.8 Å². The second-order valence-electron chi connectivity index (χ2n) is 5.82. The minimum Gasteiger partial charge on any atom is -0.490 e. The van der Waals surface area contributed by atoms with Gasteiger partial charge in [0, 0.05) is 12.2 Å². The first kappa shape index (κ1) is 19.9. The maximum Gasteiger partial charge on any atom is 0.336 e. The van der Waals surface area contributed by atoms with E-state index < -0.39 is 5.97 Å². The van der Waals surface area contributed by atoms with Gasteiger partial charge in [0.2, 0.25) is 0 Å². The number of aromatic carboxylic acids is 1. The molecule has 0 aliphatic carbocycles. The van der Waals surface area contributed by atoms with Gasteiger partial charge in [-0.05, 0) is 55.7 Å². The highest BCUT2D eigenvalue weighted by Gasteiger charge is 2.14. The summed E-state index contributed by atoms with van der Waals surface area (Å²) in [5.41, 5.74) is 2.66. The van der Waals surface area contributed by atoms with E-state index in [1.165, 1.54) is 0 Å². The summed E-state index contributed by atoms with van der Waals surface area (Å²) in [6.45, 7) is 7.28. The molecule has 2 rings (SSSR count). The molecule has 2 aromatic carbocycles. The smallest absolute Gasteiger partial charge is 0.336 e. The summed E-state index contributed by atoms with van der Waals surface area (Å²) in [4.78, 5) is 11.3. The number of ether oxygens (including phenoxy) is 2. The van der Waals surface area contributed by atoms with Crippen LogP contribution in [0.4, 0.5) is 5.69 Å². The van der Waals surface area contributed by atoms with Gasteiger partial charge in [0.25, 0.3) is 0 Å². The first-order chi connectivity index (χ1) is 12.5. The summed E-state index contributed by atoms with van der Waals surface area (Å²) >= 11 is 6.38. The van der Waals surface area contributed by atoms with Gasteiger partial charge in [-0.2, -0.15) is 0 Å². The number of hydrogen-bond acceptors (Lipinski definition) is 4. The number of benzene rings is 2. The van der Waals surface area contributed by atoms with E-state index in [0.29, 0.717) is 41.8 Å². The molecule has 6 heteroatoms. The highest BCUT2D eigenvalue weighted by molar-refractivity contribution is 6.32. The summed E-state index contributed by atoms with van der Waals surface area (Å²) < 4.78 is 11.4. The van der Waals surface area contributed by atoms with Crippen LogP contribution in [0.5, 0.6) is 11.5 Å². The third kappa shape index (κ3) is 4.82. The quantitative estimate of drug-likeness (QED) is 0.632. The Hall–Kier alpha value is -2.40. The van der Waals surface area contributed by atoms with Crippen molar-refractivity contribution in [2.45, 2.75) is 33.7 Å². The molecular formula is C20H24ClNO4. The number of rotatable bonds is 9. The molecule has 0 saturated heterocycles. The Morgan fingerprint density at radius 2 is 2.00 bits per heavy atom. The maximum absolute atomic E-state index is 11.3. The Kier molecular flexibility index (Phi) is 7.16. The van der Waals surface area contributed by atoms with Crippen LogP contribution in [-0.2, 0) is 6.54 Å². The predicted octanol–water partition coefficient (Wildman–Crippen LogP) is 5.15. The Morgan fingerprint density at radius 1 is 1.23 bits per heavy atom. The number of nitrogens with one attached hydrogen (secondary N) is 1. The molecule has 26 heavy (non-hydrogen) atoms. The van der Waals surface area contributed by atoms with E-state index in [1.54, 1.807) is 19.1 Å². The second-order valence-corrected chi connectivity index (χ2v) is 6.23. The average Bonchev–Trinajstić information content (AvgIpc) is 2.60. The van der Waals surface area contributed by atoms with E-state index in [0.717, 1.165) is 17.7 Å². The Labute approximate surface area is 158 Å². The van der Waals surface area contributed by atoms with Gasteiger partial charge < -0.3 is 19.9 Å². The van der Waals surface area contributed by atoms with Gasteiger partial charge in [-0.25, -0.2) is 4.79 Å². The van der Waals surface area contributed by atoms with Crippen LogP contribution in [0.15, 0.2) is 30.3 Å². The number of anilines is 1. The molecule has 0 fully saturated rings. The first-order valence-corrected chi connectivity index (χ1v) is 9.00. The van der Waals surface area contributed by atoms with Crippen LogP contribution >= 0.6 is 11.6 Å². The average molecular weight is 378 g/mol. The fraction of sp³-hybridized carbons (Fsp3) is 0.350. The standard InChI is InChI=1S/C20H24ClNO4/c1-4-9-26-19-16(21)10-14(11-18(19)25-5-2)12-22-17-8-6-7-15(13(17)3)20(23)24/h6-8,10-11,22H,4-5,9,12H2,1-3H3,(H,23,24). The van der Waals surface area contributed by atoms with Crippen molar-refractivity contribution < 1.29 is 19.4 Å². The zero-order valence-corrected chi connectivity index (χ0v) is 16.0. The van der Waals surface area contributed by atoms with E-state index in [9.17, 15) is 9.90 Å². The second kappa shape index (κ2) is 9.34. The summed E-state index contributed by atoms with van der Waals surface area (Å²) in [6, 6.07) is 8.89. The van der Waals surface area contributed by atoms with Crippen LogP contribution in [0, 0.1) is 6.92 Å². The van der Waals surface area contributed by atoms with Gasteiger partial charge in [0.15, 0.2) is 11.5 Å². The molecule has 2 N–H and O–H groups in total. The zero-order chi connectivity index (χ0) is 19.1. The van der Waals surface area contributed by atoms with Gasteiger partial charge in [-0.15, -0.1) is 0 Å². The highest BCUT2D eigenvalue weighted by atomic mass is 35.5. The molecule has 0 saturated carbocycles. The van der Waals surface area contributed by atoms with Crippen molar-refractivity contribution in [2.24, 2.45) is 0 Å². The van der Waals surface area contributed by atoms with E-state index in [-0.39, 0.29) is 5.56 Å². The van der Waals surface area contributed by atoms with Gasteiger partial charge in [-0.1, -0.05) is 24.6 Å². The molecular weight excluding hydrogens is 354 g/mol. The van der Waals surface area contributed by atoms with Crippen molar-refractivity contribution in [3.8, 4) is 11.5 Å². The molecule has 0 heterocycles. The molecule has 2 aromatic rings. The van der Waals surface area contributed by atoms with Crippen molar-refractivity contribution in [1.82, 2.24) is 0 Å². The fourth-order valence-corrected chi connectivity index (χ4v) is 2.87. The minimum atomic E-state index is -0.940. The molecule has 0 aliphatic rings. The predicted molar refractivity (Wildman–Crippen MR) is 104 cm³/mol. The molecule has 0 spiro atoms.